The van der Waals surface area contributed by atoms with Gasteiger partial charge >= 0.3 is 17.5 Å². The minimum absolute atomic E-state index is 0.111. The fourth-order valence-electron chi connectivity index (χ4n) is 4.74. The van der Waals surface area contributed by atoms with Crippen LogP contribution in [0.3, 0.4) is 0 Å². The van der Waals surface area contributed by atoms with E-state index in [0.717, 1.165) is 33.7 Å². The molecule has 1 aromatic heterocycles. The maximum atomic E-state index is 13.3. The van der Waals surface area contributed by atoms with Gasteiger partial charge in [0.25, 0.3) is 0 Å². The Labute approximate surface area is 211 Å². The summed E-state index contributed by atoms with van der Waals surface area (Å²) in [6, 6.07) is 27.0. The lowest BCUT2D eigenvalue weighted by Crippen LogP contribution is -2.06. The molecule has 1 atom stereocenters. The lowest BCUT2D eigenvalue weighted by atomic mass is 10.00. The van der Waals surface area contributed by atoms with Crippen molar-refractivity contribution in [2.24, 2.45) is 0 Å². The van der Waals surface area contributed by atoms with Crippen LogP contribution in [0.15, 0.2) is 97.1 Å². The number of benzene rings is 5. The van der Waals surface area contributed by atoms with Crippen LogP contribution in [0.25, 0.3) is 49.7 Å². The molecule has 0 bridgehead atoms. The van der Waals surface area contributed by atoms with Gasteiger partial charge in [-0.15, -0.1) is 0 Å². The normalized spacial score (nSPS) is 12.9. The van der Waals surface area contributed by atoms with E-state index in [0.29, 0.717) is 28.1 Å². The number of aromatic nitrogens is 2. The lowest BCUT2D eigenvalue weighted by molar-refractivity contribution is -0.137. The zero-order chi connectivity index (χ0) is 25.7. The Bertz CT molecular complexity index is 1830. The number of para-hydroxylation sites is 1. The quantitative estimate of drug-likeness (QED) is 0.194. The Morgan fingerprint density at radius 1 is 0.757 bits per heavy atom. The number of imidazole rings is 1. The zero-order valence-electron chi connectivity index (χ0n) is 18.9. The van der Waals surface area contributed by atoms with Gasteiger partial charge in [-0.3, -0.25) is 9.12 Å². The van der Waals surface area contributed by atoms with E-state index in [2.05, 4.69) is 0 Å². The molecule has 1 N–H and O–H groups in total. The van der Waals surface area contributed by atoms with Crippen molar-refractivity contribution in [3.63, 3.8) is 0 Å². The Hall–Kier alpha value is -4.21. The Balaban J connectivity index is 1.78. The zero-order valence-corrected chi connectivity index (χ0v) is 19.8. The molecule has 0 saturated heterocycles. The highest BCUT2D eigenvalue weighted by Crippen LogP contribution is 2.41. The second-order valence-electron chi connectivity index (χ2n) is 8.40. The predicted octanol–water partition coefficient (Wildman–Crippen LogP) is 7.53. The van der Waals surface area contributed by atoms with E-state index < -0.39 is 23.1 Å². The van der Waals surface area contributed by atoms with Crippen LogP contribution in [0.5, 0.6) is 5.75 Å². The standard InChI is InChI=1S/C28H17F3N2O3S/c29-28(30,31)17-13-15-18(16-14-17)33-26-22-10-4-2-8-20(22)19-7-1-3-9-21(19)25(26)32-27(33)23-11-5-6-12-24(23)36-37(34)35/h1-16H,(H,34,35). The SMILES string of the molecule is O=S(O)Oc1ccccc1-c1nc2c3ccccc3c3ccccc3c2n1-c1ccc(C(F)(F)F)cc1. The van der Waals surface area contributed by atoms with Crippen LogP contribution < -0.4 is 4.18 Å². The van der Waals surface area contributed by atoms with Gasteiger partial charge in [-0.25, -0.2) is 4.98 Å². The van der Waals surface area contributed by atoms with Gasteiger partial charge in [-0.05, 0) is 47.2 Å². The molecular weight excluding hydrogens is 501 g/mol. The second-order valence-corrected chi connectivity index (χ2v) is 9.00. The summed E-state index contributed by atoms with van der Waals surface area (Å²) in [5.74, 6) is 0.470. The summed E-state index contributed by atoms with van der Waals surface area (Å²) in [7, 11) is 0. The first-order valence-corrected chi connectivity index (χ1v) is 12.2. The molecule has 5 nitrogen and oxygen atoms in total. The molecule has 9 heteroatoms. The van der Waals surface area contributed by atoms with E-state index >= 15 is 0 Å². The summed E-state index contributed by atoms with van der Waals surface area (Å²) >= 11 is -2.59. The fourth-order valence-corrected chi connectivity index (χ4v) is 5.04. The molecule has 0 fully saturated rings. The van der Waals surface area contributed by atoms with Crippen molar-refractivity contribution >= 4 is 43.9 Å². The van der Waals surface area contributed by atoms with Crippen LogP contribution in [0, 0.1) is 0 Å². The molecule has 0 amide bonds. The van der Waals surface area contributed by atoms with Crippen molar-refractivity contribution in [2.75, 3.05) is 0 Å². The summed E-state index contributed by atoms with van der Waals surface area (Å²) in [6.45, 7) is 0. The van der Waals surface area contributed by atoms with Crippen molar-refractivity contribution < 1.29 is 26.1 Å². The van der Waals surface area contributed by atoms with Crippen molar-refractivity contribution in [2.45, 2.75) is 6.18 Å². The van der Waals surface area contributed by atoms with E-state index in [1.165, 1.54) is 18.2 Å². The highest BCUT2D eigenvalue weighted by atomic mass is 32.2. The number of fused-ring (bicyclic) bond motifs is 6. The largest absolute Gasteiger partial charge is 0.416 e. The summed E-state index contributed by atoms with van der Waals surface area (Å²) < 4.78 is 67.8. The van der Waals surface area contributed by atoms with Gasteiger partial charge in [0.2, 0.25) is 0 Å². The van der Waals surface area contributed by atoms with Crippen molar-refractivity contribution in [3.05, 3.63) is 103 Å². The van der Waals surface area contributed by atoms with Crippen LogP contribution in [-0.4, -0.2) is 18.3 Å². The molecule has 0 aliphatic heterocycles. The van der Waals surface area contributed by atoms with Gasteiger partial charge in [0.15, 0.2) is 5.75 Å². The monoisotopic (exact) mass is 518 g/mol. The highest BCUT2D eigenvalue weighted by Gasteiger charge is 2.30. The van der Waals surface area contributed by atoms with Crippen LogP contribution >= 0.6 is 0 Å². The number of alkyl halides is 3. The average molecular weight is 519 g/mol. The van der Waals surface area contributed by atoms with Crippen LogP contribution in [0.4, 0.5) is 13.2 Å². The van der Waals surface area contributed by atoms with Gasteiger partial charge in [-0.2, -0.15) is 17.4 Å². The van der Waals surface area contributed by atoms with E-state index in [9.17, 15) is 21.9 Å². The van der Waals surface area contributed by atoms with Crippen molar-refractivity contribution in [3.8, 4) is 22.8 Å². The van der Waals surface area contributed by atoms with Crippen LogP contribution in [0.1, 0.15) is 5.56 Å². The molecule has 6 aromatic rings. The molecule has 37 heavy (non-hydrogen) atoms. The molecule has 6 rings (SSSR count). The molecule has 1 unspecified atom stereocenters. The summed E-state index contributed by atoms with van der Waals surface area (Å²) in [4.78, 5) is 4.96. The van der Waals surface area contributed by atoms with Crippen LogP contribution in [0.2, 0.25) is 0 Å². The van der Waals surface area contributed by atoms with E-state index in [4.69, 9.17) is 9.17 Å². The minimum atomic E-state index is -4.48. The topological polar surface area (TPSA) is 64.3 Å². The smallest absolute Gasteiger partial charge is 0.379 e. The maximum Gasteiger partial charge on any atom is 0.416 e. The van der Waals surface area contributed by atoms with Gasteiger partial charge in [0.1, 0.15) is 5.82 Å². The Kier molecular flexibility index (Phi) is 5.47. The predicted molar refractivity (Wildman–Crippen MR) is 138 cm³/mol. The van der Waals surface area contributed by atoms with Crippen LogP contribution in [-0.2, 0) is 17.5 Å². The second kappa shape index (κ2) is 8.72. The molecule has 184 valence electrons. The first kappa shape index (κ1) is 23.2. The lowest BCUT2D eigenvalue weighted by Gasteiger charge is -2.14. The van der Waals surface area contributed by atoms with Crippen molar-refractivity contribution in [1.82, 2.24) is 9.55 Å². The molecule has 0 saturated carbocycles. The number of hydrogen-bond donors (Lipinski definition) is 1. The third-order valence-electron chi connectivity index (χ3n) is 6.27. The highest BCUT2D eigenvalue weighted by molar-refractivity contribution is 7.74. The molecule has 0 spiro atoms. The molecular formula is C28H17F3N2O3S. The summed E-state index contributed by atoms with van der Waals surface area (Å²) in [5, 5.41) is 3.67. The number of rotatable bonds is 4. The van der Waals surface area contributed by atoms with Gasteiger partial charge in [-0.1, -0.05) is 60.7 Å². The first-order chi connectivity index (χ1) is 17.8. The summed E-state index contributed by atoms with van der Waals surface area (Å²) in [6.07, 6.45) is -4.48. The van der Waals surface area contributed by atoms with E-state index in [-0.39, 0.29) is 5.75 Å². The van der Waals surface area contributed by atoms with Gasteiger partial charge in [0.05, 0.1) is 22.2 Å². The summed E-state index contributed by atoms with van der Waals surface area (Å²) in [5.41, 5.74) is 1.44. The Morgan fingerprint density at radius 2 is 1.32 bits per heavy atom. The first-order valence-electron chi connectivity index (χ1n) is 11.2. The Morgan fingerprint density at radius 3 is 1.97 bits per heavy atom. The third-order valence-corrected chi connectivity index (χ3v) is 6.60. The molecule has 1 heterocycles. The van der Waals surface area contributed by atoms with Gasteiger partial charge in [0, 0.05) is 16.5 Å². The molecule has 0 aliphatic rings. The van der Waals surface area contributed by atoms with Crippen molar-refractivity contribution in [1.29, 1.82) is 0 Å². The molecule has 0 radical (unpaired) electrons. The van der Waals surface area contributed by atoms with E-state index in [1.54, 1.807) is 22.8 Å². The number of hydrogen-bond acceptors (Lipinski definition) is 3. The molecule has 0 aliphatic carbocycles. The number of nitrogens with zero attached hydrogens (tertiary/aromatic N) is 2. The van der Waals surface area contributed by atoms with Gasteiger partial charge < -0.3 is 4.18 Å². The molecule has 5 aromatic carbocycles. The maximum absolute atomic E-state index is 13.3. The number of halogens is 3. The fraction of sp³-hybridized carbons (Fsp3) is 0.0357. The average Bonchev–Trinajstić information content (AvgIpc) is 3.29. The minimum Gasteiger partial charge on any atom is -0.379 e. The third kappa shape index (κ3) is 3.92. The van der Waals surface area contributed by atoms with E-state index in [1.807, 2.05) is 48.5 Å².